The van der Waals surface area contributed by atoms with Gasteiger partial charge in [0.1, 0.15) is 5.75 Å². The van der Waals surface area contributed by atoms with Crippen LogP contribution >= 0.6 is 0 Å². The zero-order valence-corrected chi connectivity index (χ0v) is 8.17. The average Bonchev–Trinajstić information content (AvgIpc) is 2.29. The zero-order valence-electron chi connectivity index (χ0n) is 8.17. The molecule has 3 nitrogen and oxygen atoms in total. The average molecular weight is 200 g/mol. The molecule has 0 radical (unpaired) electrons. The summed E-state index contributed by atoms with van der Waals surface area (Å²) < 4.78 is 0. The third-order valence-corrected chi connectivity index (χ3v) is 2.24. The van der Waals surface area contributed by atoms with Crippen molar-refractivity contribution in [3.8, 4) is 5.75 Å². The van der Waals surface area contributed by atoms with Crippen molar-refractivity contribution in [3.05, 3.63) is 59.9 Å². The van der Waals surface area contributed by atoms with Crippen molar-refractivity contribution in [2.75, 3.05) is 0 Å². The van der Waals surface area contributed by atoms with Crippen LogP contribution in [-0.4, -0.2) is 10.1 Å². The molecule has 1 unspecified atom stereocenters. The van der Waals surface area contributed by atoms with Gasteiger partial charge in [-0.15, -0.1) is 0 Å². The van der Waals surface area contributed by atoms with Gasteiger partial charge in [0.15, 0.2) is 0 Å². The highest BCUT2D eigenvalue weighted by atomic mass is 16.3. The van der Waals surface area contributed by atoms with Gasteiger partial charge in [-0.25, -0.2) is 0 Å². The van der Waals surface area contributed by atoms with Crippen molar-refractivity contribution >= 4 is 0 Å². The Hall–Kier alpha value is -1.87. The Bertz CT molecular complexity index is 442. The fraction of sp³-hybridized carbons (Fsp3) is 0.0833. The van der Waals surface area contributed by atoms with Gasteiger partial charge in [-0.05, 0) is 29.8 Å². The molecule has 0 aliphatic rings. The first-order valence-electron chi connectivity index (χ1n) is 4.73. The van der Waals surface area contributed by atoms with Crippen LogP contribution in [0, 0.1) is 0 Å². The number of hydrogen-bond acceptors (Lipinski definition) is 3. The second kappa shape index (κ2) is 4.11. The van der Waals surface area contributed by atoms with Crippen LogP contribution < -0.4 is 5.73 Å². The summed E-state index contributed by atoms with van der Waals surface area (Å²) in [7, 11) is 0. The summed E-state index contributed by atoms with van der Waals surface area (Å²) in [4.78, 5) is 4.18. The van der Waals surface area contributed by atoms with Crippen molar-refractivity contribution in [2.24, 2.45) is 5.73 Å². The van der Waals surface area contributed by atoms with Gasteiger partial charge in [-0.3, -0.25) is 4.98 Å². The molecule has 1 aromatic carbocycles. The number of phenolic OH excluding ortho intramolecular Hbond substituents is 1. The molecule has 15 heavy (non-hydrogen) atoms. The van der Waals surface area contributed by atoms with Gasteiger partial charge in [0.05, 0.1) is 11.7 Å². The molecule has 76 valence electrons. The van der Waals surface area contributed by atoms with E-state index in [1.165, 1.54) is 0 Å². The summed E-state index contributed by atoms with van der Waals surface area (Å²) in [5, 5.41) is 9.33. The summed E-state index contributed by atoms with van der Waals surface area (Å²) in [6.07, 6.45) is 1.71. The number of pyridine rings is 1. The van der Waals surface area contributed by atoms with E-state index in [2.05, 4.69) is 4.98 Å². The number of phenols is 1. The van der Waals surface area contributed by atoms with Crippen molar-refractivity contribution in [2.45, 2.75) is 6.04 Å². The highest BCUT2D eigenvalue weighted by Gasteiger charge is 2.09. The number of nitrogens with two attached hydrogens (primary N) is 1. The molecule has 1 heterocycles. The molecule has 0 spiro atoms. The Balaban J connectivity index is 2.32. The fourth-order valence-corrected chi connectivity index (χ4v) is 1.45. The highest BCUT2D eigenvalue weighted by molar-refractivity contribution is 5.33. The maximum atomic E-state index is 9.33. The number of aromatic nitrogens is 1. The molecular formula is C12H12N2O. The zero-order chi connectivity index (χ0) is 10.7. The largest absolute Gasteiger partial charge is 0.508 e. The van der Waals surface area contributed by atoms with E-state index in [1.807, 2.05) is 24.3 Å². The van der Waals surface area contributed by atoms with Gasteiger partial charge >= 0.3 is 0 Å². The summed E-state index contributed by atoms with van der Waals surface area (Å²) in [6, 6.07) is 12.2. The lowest BCUT2D eigenvalue weighted by molar-refractivity contribution is 0.474. The lowest BCUT2D eigenvalue weighted by Crippen LogP contribution is -2.12. The third-order valence-electron chi connectivity index (χ3n) is 2.24. The molecular weight excluding hydrogens is 188 g/mol. The smallest absolute Gasteiger partial charge is 0.115 e. The molecule has 2 rings (SSSR count). The Morgan fingerprint density at radius 3 is 2.67 bits per heavy atom. The molecule has 0 fully saturated rings. The normalized spacial score (nSPS) is 12.3. The summed E-state index contributed by atoms with van der Waals surface area (Å²) in [5.74, 6) is 0.221. The standard InChI is InChI=1S/C12H12N2O/c13-12(11-6-1-2-7-14-11)9-4-3-5-10(15)8-9/h1-8,12,15H,13H2. The maximum Gasteiger partial charge on any atom is 0.115 e. The summed E-state index contributed by atoms with van der Waals surface area (Å²) in [5.41, 5.74) is 7.66. The van der Waals surface area contributed by atoms with Crippen LogP contribution in [0.15, 0.2) is 48.7 Å². The number of rotatable bonds is 2. The summed E-state index contributed by atoms with van der Waals surface area (Å²) >= 11 is 0. The Morgan fingerprint density at radius 2 is 2.00 bits per heavy atom. The lowest BCUT2D eigenvalue weighted by atomic mass is 10.0. The minimum Gasteiger partial charge on any atom is -0.508 e. The van der Waals surface area contributed by atoms with Crippen molar-refractivity contribution in [1.29, 1.82) is 0 Å². The van der Waals surface area contributed by atoms with E-state index in [4.69, 9.17) is 5.73 Å². The van der Waals surface area contributed by atoms with E-state index in [-0.39, 0.29) is 11.8 Å². The van der Waals surface area contributed by atoms with Crippen LogP contribution in [0.4, 0.5) is 0 Å². The number of benzene rings is 1. The van der Waals surface area contributed by atoms with Crippen LogP contribution in [0.1, 0.15) is 17.3 Å². The van der Waals surface area contributed by atoms with Gasteiger partial charge in [0.2, 0.25) is 0 Å². The van der Waals surface area contributed by atoms with Gasteiger partial charge in [0, 0.05) is 6.20 Å². The monoisotopic (exact) mass is 200 g/mol. The quantitative estimate of drug-likeness (QED) is 0.777. The second-order valence-corrected chi connectivity index (χ2v) is 3.33. The van der Waals surface area contributed by atoms with E-state index in [0.29, 0.717) is 0 Å². The molecule has 3 N–H and O–H groups in total. The van der Waals surface area contributed by atoms with Crippen molar-refractivity contribution in [3.63, 3.8) is 0 Å². The molecule has 3 heteroatoms. The third kappa shape index (κ3) is 2.14. The van der Waals surface area contributed by atoms with Crippen LogP contribution in [0.3, 0.4) is 0 Å². The van der Waals surface area contributed by atoms with Crippen LogP contribution in [0.25, 0.3) is 0 Å². The Kier molecular flexibility index (Phi) is 2.65. The summed E-state index contributed by atoms with van der Waals surface area (Å²) in [6.45, 7) is 0. The Labute approximate surface area is 88.2 Å². The molecule has 2 aromatic rings. The van der Waals surface area contributed by atoms with Crippen molar-refractivity contribution in [1.82, 2.24) is 4.98 Å². The topological polar surface area (TPSA) is 59.1 Å². The van der Waals surface area contributed by atoms with E-state index in [9.17, 15) is 5.11 Å². The SMILES string of the molecule is NC(c1cccc(O)c1)c1ccccn1. The molecule has 0 saturated heterocycles. The Morgan fingerprint density at radius 1 is 1.13 bits per heavy atom. The van der Waals surface area contributed by atoms with Gasteiger partial charge in [-0.2, -0.15) is 0 Å². The molecule has 0 aliphatic carbocycles. The molecule has 1 atom stereocenters. The maximum absolute atomic E-state index is 9.33. The van der Waals surface area contributed by atoms with Gasteiger partial charge < -0.3 is 10.8 Å². The van der Waals surface area contributed by atoms with Crippen LogP contribution in [-0.2, 0) is 0 Å². The molecule has 0 bridgehead atoms. The fourth-order valence-electron chi connectivity index (χ4n) is 1.45. The molecule has 0 aliphatic heterocycles. The lowest BCUT2D eigenvalue weighted by Gasteiger charge is -2.11. The predicted molar refractivity (Wildman–Crippen MR) is 58.4 cm³/mol. The molecule has 0 saturated carbocycles. The van der Waals surface area contributed by atoms with Crippen LogP contribution in [0.2, 0.25) is 0 Å². The number of hydrogen-bond donors (Lipinski definition) is 2. The van der Waals surface area contributed by atoms with E-state index >= 15 is 0 Å². The molecule has 0 amide bonds. The first-order valence-corrected chi connectivity index (χ1v) is 4.73. The van der Waals surface area contributed by atoms with E-state index in [1.54, 1.807) is 24.4 Å². The van der Waals surface area contributed by atoms with Crippen LogP contribution in [0.5, 0.6) is 5.75 Å². The first kappa shape index (κ1) is 9.68. The number of nitrogens with zero attached hydrogens (tertiary/aromatic N) is 1. The molecule has 1 aromatic heterocycles. The minimum atomic E-state index is -0.293. The first-order chi connectivity index (χ1) is 7.27. The van der Waals surface area contributed by atoms with Gasteiger partial charge in [-0.1, -0.05) is 18.2 Å². The van der Waals surface area contributed by atoms with Gasteiger partial charge in [0.25, 0.3) is 0 Å². The van der Waals surface area contributed by atoms with Crippen molar-refractivity contribution < 1.29 is 5.11 Å². The minimum absolute atomic E-state index is 0.221. The second-order valence-electron chi connectivity index (χ2n) is 3.33. The van der Waals surface area contributed by atoms with E-state index < -0.39 is 0 Å². The highest BCUT2D eigenvalue weighted by Crippen LogP contribution is 2.20. The van der Waals surface area contributed by atoms with E-state index in [0.717, 1.165) is 11.3 Å². The predicted octanol–water partition coefficient (Wildman–Crippen LogP) is 1.84. The number of aromatic hydroxyl groups is 1.